The molecule has 2 aromatic rings. The van der Waals surface area contributed by atoms with Gasteiger partial charge in [-0.1, -0.05) is 18.2 Å². The van der Waals surface area contributed by atoms with Gasteiger partial charge in [0.1, 0.15) is 5.82 Å². The maximum atomic E-state index is 13.2. The first kappa shape index (κ1) is 25.3. The number of nitrogens with zero attached hydrogens (tertiary/aromatic N) is 1. The minimum Gasteiger partial charge on any atom is -0.357 e. The number of halogens is 2. The number of aliphatic imine (C=N–C) groups is 1. The number of rotatable bonds is 8. The number of sulfonamides is 1. The average molecular weight is 534 g/mol. The molecule has 0 saturated carbocycles. The highest BCUT2D eigenvalue weighted by molar-refractivity contribution is 14.0. The summed E-state index contributed by atoms with van der Waals surface area (Å²) < 4.78 is 39.4. The normalized spacial score (nSPS) is 11.7. The Morgan fingerprint density at radius 3 is 2.55 bits per heavy atom. The van der Waals surface area contributed by atoms with Crippen LogP contribution >= 0.6 is 24.0 Å². The summed E-state index contributed by atoms with van der Waals surface area (Å²) in [5.74, 6) is 0.413. The Balaban J connectivity index is 0.00000420. The molecule has 0 spiro atoms. The summed E-state index contributed by atoms with van der Waals surface area (Å²) in [4.78, 5) is 4.73. The van der Waals surface area contributed by atoms with Gasteiger partial charge in [0.25, 0.3) is 0 Å². The number of hydrogen-bond acceptors (Lipinski definition) is 3. The highest BCUT2D eigenvalue weighted by Crippen LogP contribution is 2.12. The molecule has 0 aliphatic carbocycles. The molecule has 9 heteroatoms. The number of aryl methyl sites for hydroxylation is 1. The fourth-order valence-corrected chi connectivity index (χ4v) is 3.50. The fraction of sp³-hybridized carbons (Fsp3) is 0.350. The number of nitrogens with one attached hydrogen (secondary N) is 3. The zero-order valence-corrected chi connectivity index (χ0v) is 20.0. The van der Waals surface area contributed by atoms with E-state index in [1.54, 1.807) is 24.3 Å². The minimum absolute atomic E-state index is 0. The van der Waals surface area contributed by atoms with Crippen LogP contribution < -0.4 is 15.4 Å². The molecule has 6 nitrogen and oxygen atoms in total. The van der Waals surface area contributed by atoms with Crippen molar-refractivity contribution in [3.8, 4) is 0 Å². The molecule has 0 aliphatic heterocycles. The summed E-state index contributed by atoms with van der Waals surface area (Å²) in [6.07, 6.45) is 0.742. The molecule has 0 atom stereocenters. The molecule has 0 aromatic heterocycles. The molecule has 29 heavy (non-hydrogen) atoms. The third-order valence-electron chi connectivity index (χ3n) is 4.23. The molecule has 3 N–H and O–H groups in total. The summed E-state index contributed by atoms with van der Waals surface area (Å²) >= 11 is 0. The van der Waals surface area contributed by atoms with Crippen molar-refractivity contribution in [1.82, 2.24) is 15.4 Å². The van der Waals surface area contributed by atoms with Gasteiger partial charge < -0.3 is 10.6 Å². The van der Waals surface area contributed by atoms with E-state index in [1.165, 1.54) is 19.2 Å². The van der Waals surface area contributed by atoms with Gasteiger partial charge in [0.05, 0.1) is 11.4 Å². The molecule has 0 fully saturated rings. The average Bonchev–Trinajstić information content (AvgIpc) is 2.68. The molecule has 0 amide bonds. The van der Waals surface area contributed by atoms with Crippen LogP contribution in [0.15, 0.2) is 52.4 Å². The van der Waals surface area contributed by atoms with Crippen LogP contribution in [-0.2, 0) is 23.0 Å². The lowest BCUT2D eigenvalue weighted by molar-refractivity contribution is 0.588. The smallest absolute Gasteiger partial charge is 0.240 e. The van der Waals surface area contributed by atoms with Gasteiger partial charge in [0, 0.05) is 13.1 Å². The molecule has 160 valence electrons. The van der Waals surface area contributed by atoms with E-state index < -0.39 is 10.0 Å². The van der Waals surface area contributed by atoms with Crippen molar-refractivity contribution in [3.05, 3.63) is 65.0 Å². The molecule has 0 bridgehead atoms. The van der Waals surface area contributed by atoms with Crippen LogP contribution in [0, 0.1) is 12.7 Å². The predicted molar refractivity (Wildman–Crippen MR) is 126 cm³/mol. The summed E-state index contributed by atoms with van der Waals surface area (Å²) in [5, 5.41) is 6.42. The van der Waals surface area contributed by atoms with Gasteiger partial charge in [-0.3, -0.25) is 0 Å². The quantitative estimate of drug-likeness (QED) is 0.277. The lowest BCUT2D eigenvalue weighted by atomic mass is 10.1. The van der Waals surface area contributed by atoms with E-state index in [-0.39, 0.29) is 34.7 Å². The molecule has 2 aromatic carbocycles. The first-order chi connectivity index (χ1) is 13.4. The number of benzene rings is 2. The van der Waals surface area contributed by atoms with E-state index >= 15 is 0 Å². The van der Waals surface area contributed by atoms with Gasteiger partial charge in [-0.25, -0.2) is 22.5 Å². The number of hydrogen-bond donors (Lipinski definition) is 3. The molecule has 0 aliphatic rings. The summed E-state index contributed by atoms with van der Waals surface area (Å²) in [7, 11) is -2.09. The van der Waals surface area contributed by atoms with Crippen molar-refractivity contribution in [2.45, 2.75) is 31.7 Å². The predicted octanol–water partition coefficient (Wildman–Crippen LogP) is 2.96. The molecule has 0 heterocycles. The van der Waals surface area contributed by atoms with Crippen molar-refractivity contribution in [2.75, 3.05) is 20.1 Å². The third kappa shape index (κ3) is 7.90. The zero-order chi connectivity index (χ0) is 20.6. The first-order valence-corrected chi connectivity index (χ1v) is 10.6. The SMILES string of the molecule is CCNC(=NCc1cccc(S(=O)(=O)NC)c1)NCCc1ccc(F)cc1C.I. The third-order valence-corrected chi connectivity index (χ3v) is 5.64. The van der Waals surface area contributed by atoms with Crippen LogP contribution in [-0.4, -0.2) is 34.5 Å². The second-order valence-electron chi connectivity index (χ2n) is 6.30. The number of guanidine groups is 1. The highest BCUT2D eigenvalue weighted by Gasteiger charge is 2.11. The largest absolute Gasteiger partial charge is 0.357 e. The zero-order valence-electron chi connectivity index (χ0n) is 16.8. The second-order valence-corrected chi connectivity index (χ2v) is 8.18. The topological polar surface area (TPSA) is 82.6 Å². The van der Waals surface area contributed by atoms with Crippen molar-refractivity contribution >= 4 is 40.0 Å². The van der Waals surface area contributed by atoms with E-state index in [9.17, 15) is 12.8 Å². The van der Waals surface area contributed by atoms with Crippen LogP contribution in [0.1, 0.15) is 23.6 Å². The van der Waals surface area contributed by atoms with Crippen molar-refractivity contribution in [1.29, 1.82) is 0 Å². The Bertz CT molecular complexity index is 936. The van der Waals surface area contributed by atoms with E-state index in [1.807, 2.05) is 19.9 Å². The van der Waals surface area contributed by atoms with Crippen LogP contribution in [0.4, 0.5) is 4.39 Å². The molecular formula is C20H28FIN4O2S. The van der Waals surface area contributed by atoms with E-state index in [0.717, 1.165) is 23.1 Å². The van der Waals surface area contributed by atoms with E-state index in [4.69, 9.17) is 0 Å². The first-order valence-electron chi connectivity index (χ1n) is 9.15. The summed E-state index contributed by atoms with van der Waals surface area (Å²) in [6.45, 7) is 5.56. The molecule has 2 rings (SSSR count). The highest BCUT2D eigenvalue weighted by atomic mass is 127. The van der Waals surface area contributed by atoms with Crippen molar-refractivity contribution in [3.63, 3.8) is 0 Å². The Hall–Kier alpha value is -1.72. The Kier molecular flexibility index (Phi) is 10.5. The van der Waals surface area contributed by atoms with Gasteiger partial charge in [-0.05, 0) is 68.3 Å². The van der Waals surface area contributed by atoms with Gasteiger partial charge in [-0.2, -0.15) is 0 Å². The monoisotopic (exact) mass is 534 g/mol. The summed E-state index contributed by atoms with van der Waals surface area (Å²) in [5.41, 5.74) is 2.80. The van der Waals surface area contributed by atoms with E-state index in [0.29, 0.717) is 25.6 Å². The molecule has 0 saturated heterocycles. The standard InChI is InChI=1S/C20H27FN4O2S.HI/c1-4-23-20(24-11-10-17-8-9-18(21)12-15(17)2)25-14-16-6-5-7-19(13-16)28(26,27)22-3;/h5-9,12-13,22H,4,10-11,14H2,1-3H3,(H2,23,24,25);1H. The van der Waals surface area contributed by atoms with Crippen molar-refractivity contribution in [2.24, 2.45) is 4.99 Å². The molecule has 0 unspecified atom stereocenters. The van der Waals surface area contributed by atoms with Gasteiger partial charge in [-0.15, -0.1) is 24.0 Å². The lowest BCUT2D eigenvalue weighted by Crippen LogP contribution is -2.38. The lowest BCUT2D eigenvalue weighted by Gasteiger charge is -2.12. The van der Waals surface area contributed by atoms with Crippen molar-refractivity contribution < 1.29 is 12.8 Å². The summed E-state index contributed by atoms with van der Waals surface area (Å²) in [6, 6.07) is 11.5. The van der Waals surface area contributed by atoms with Crippen LogP contribution in [0.2, 0.25) is 0 Å². The Morgan fingerprint density at radius 2 is 1.90 bits per heavy atom. The minimum atomic E-state index is -3.48. The van der Waals surface area contributed by atoms with Gasteiger partial charge >= 0.3 is 0 Å². The van der Waals surface area contributed by atoms with Gasteiger partial charge in [0.2, 0.25) is 10.0 Å². The Morgan fingerprint density at radius 1 is 1.14 bits per heavy atom. The Labute approximate surface area is 189 Å². The fourth-order valence-electron chi connectivity index (χ4n) is 2.70. The maximum absolute atomic E-state index is 13.2. The van der Waals surface area contributed by atoms with Gasteiger partial charge in [0.15, 0.2) is 5.96 Å². The van der Waals surface area contributed by atoms with Crippen LogP contribution in [0.25, 0.3) is 0 Å². The van der Waals surface area contributed by atoms with E-state index in [2.05, 4.69) is 20.3 Å². The van der Waals surface area contributed by atoms with Crippen LogP contribution in [0.3, 0.4) is 0 Å². The van der Waals surface area contributed by atoms with Crippen LogP contribution in [0.5, 0.6) is 0 Å². The molecular weight excluding hydrogens is 506 g/mol. The molecule has 0 radical (unpaired) electrons. The second kappa shape index (κ2) is 12.1. The maximum Gasteiger partial charge on any atom is 0.240 e.